The summed E-state index contributed by atoms with van der Waals surface area (Å²) in [5.74, 6) is 1.79. The molecule has 1 atom stereocenters. The van der Waals surface area contributed by atoms with Crippen LogP contribution in [0.2, 0.25) is 0 Å². The van der Waals surface area contributed by atoms with E-state index in [0.29, 0.717) is 18.3 Å². The Kier molecular flexibility index (Phi) is 7.52. The Bertz CT molecular complexity index is 678. The maximum atomic E-state index is 12.3. The van der Waals surface area contributed by atoms with Gasteiger partial charge in [0.25, 0.3) is 5.91 Å². The van der Waals surface area contributed by atoms with Gasteiger partial charge in [-0.1, -0.05) is 39.3 Å². The molecular formula is C22H29NO3. The van der Waals surface area contributed by atoms with Gasteiger partial charge in [0.1, 0.15) is 11.5 Å². The second-order valence-electron chi connectivity index (χ2n) is 6.70. The number of hydrogen-bond acceptors (Lipinski definition) is 3. The highest BCUT2D eigenvalue weighted by Gasteiger charge is 2.15. The van der Waals surface area contributed by atoms with Crippen molar-refractivity contribution in [3.63, 3.8) is 0 Å². The number of nitrogens with one attached hydrogen (secondary N) is 1. The minimum absolute atomic E-state index is 0.183. The second kappa shape index (κ2) is 9.85. The molecule has 0 aromatic heterocycles. The van der Waals surface area contributed by atoms with E-state index in [-0.39, 0.29) is 5.91 Å². The third kappa shape index (κ3) is 6.10. The van der Waals surface area contributed by atoms with Crippen LogP contribution in [0.3, 0.4) is 0 Å². The Labute approximate surface area is 156 Å². The average molecular weight is 355 g/mol. The molecule has 0 aliphatic rings. The first-order chi connectivity index (χ1) is 12.5. The summed E-state index contributed by atoms with van der Waals surface area (Å²) in [5.41, 5.74) is 1.97. The van der Waals surface area contributed by atoms with Crippen LogP contribution < -0.4 is 14.8 Å². The highest BCUT2D eigenvalue weighted by molar-refractivity contribution is 5.94. The number of amides is 1. The lowest BCUT2D eigenvalue weighted by atomic mass is 10.0. The zero-order valence-electron chi connectivity index (χ0n) is 16.1. The Balaban J connectivity index is 1.86. The molecule has 140 valence electrons. The lowest BCUT2D eigenvalue weighted by molar-refractivity contribution is -0.122. The van der Waals surface area contributed by atoms with E-state index in [1.54, 1.807) is 6.92 Å². The summed E-state index contributed by atoms with van der Waals surface area (Å²) in [6.45, 7) is 8.87. The summed E-state index contributed by atoms with van der Waals surface area (Å²) >= 11 is 0. The monoisotopic (exact) mass is 355 g/mol. The van der Waals surface area contributed by atoms with Gasteiger partial charge in [0, 0.05) is 5.69 Å². The number of hydrogen-bond donors (Lipinski definition) is 1. The quantitative estimate of drug-likeness (QED) is 0.613. The highest BCUT2D eigenvalue weighted by Crippen LogP contribution is 2.20. The van der Waals surface area contributed by atoms with Crippen LogP contribution >= 0.6 is 0 Å². The van der Waals surface area contributed by atoms with Gasteiger partial charge in [-0.05, 0) is 61.2 Å². The Morgan fingerprint density at radius 2 is 1.58 bits per heavy atom. The van der Waals surface area contributed by atoms with Crippen LogP contribution in [0, 0.1) is 0 Å². The minimum atomic E-state index is -0.583. The van der Waals surface area contributed by atoms with E-state index in [0.717, 1.165) is 24.3 Å². The molecule has 0 saturated carbocycles. The first-order valence-corrected chi connectivity index (χ1v) is 9.30. The van der Waals surface area contributed by atoms with E-state index in [1.807, 2.05) is 48.5 Å². The van der Waals surface area contributed by atoms with E-state index in [2.05, 4.69) is 26.1 Å². The lowest BCUT2D eigenvalue weighted by Crippen LogP contribution is -2.30. The topological polar surface area (TPSA) is 47.6 Å². The van der Waals surface area contributed by atoms with Crippen LogP contribution in [0.15, 0.2) is 48.5 Å². The molecule has 0 aliphatic carbocycles. The van der Waals surface area contributed by atoms with Crippen molar-refractivity contribution in [1.29, 1.82) is 0 Å². The first kappa shape index (κ1) is 19.8. The average Bonchev–Trinajstić information content (AvgIpc) is 2.63. The van der Waals surface area contributed by atoms with Gasteiger partial charge in [-0.2, -0.15) is 0 Å². The van der Waals surface area contributed by atoms with Gasteiger partial charge in [-0.3, -0.25) is 4.79 Å². The van der Waals surface area contributed by atoms with Gasteiger partial charge in [0.05, 0.1) is 6.61 Å². The summed E-state index contributed by atoms with van der Waals surface area (Å²) in [6.07, 6.45) is 1.55. The second-order valence-corrected chi connectivity index (χ2v) is 6.70. The Morgan fingerprint density at radius 3 is 2.15 bits per heavy atom. The molecule has 0 aliphatic heterocycles. The zero-order chi connectivity index (χ0) is 18.9. The molecular weight excluding hydrogens is 326 g/mol. The predicted octanol–water partition coefficient (Wildman–Crippen LogP) is 5.39. The smallest absolute Gasteiger partial charge is 0.265 e. The number of carbonyl (C=O) groups is 1. The molecule has 4 heteroatoms. The molecule has 0 bridgehead atoms. The van der Waals surface area contributed by atoms with Crippen LogP contribution in [0.4, 0.5) is 5.69 Å². The van der Waals surface area contributed by atoms with Crippen molar-refractivity contribution in [3.8, 4) is 11.5 Å². The normalized spacial score (nSPS) is 11.9. The summed E-state index contributed by atoms with van der Waals surface area (Å²) < 4.78 is 11.4. The molecule has 1 unspecified atom stereocenters. The van der Waals surface area contributed by atoms with E-state index in [4.69, 9.17) is 9.47 Å². The van der Waals surface area contributed by atoms with Gasteiger partial charge in [0.2, 0.25) is 0 Å². The van der Waals surface area contributed by atoms with Crippen LogP contribution in [0.1, 0.15) is 52.0 Å². The molecule has 0 fully saturated rings. The fourth-order valence-corrected chi connectivity index (χ4v) is 2.40. The van der Waals surface area contributed by atoms with Crippen LogP contribution in [-0.4, -0.2) is 18.6 Å². The number of ether oxygens (including phenoxy) is 2. The van der Waals surface area contributed by atoms with Crippen molar-refractivity contribution in [1.82, 2.24) is 0 Å². The maximum Gasteiger partial charge on any atom is 0.265 e. The Morgan fingerprint density at radius 1 is 0.962 bits per heavy atom. The fourth-order valence-electron chi connectivity index (χ4n) is 2.40. The van der Waals surface area contributed by atoms with Gasteiger partial charge in [-0.15, -0.1) is 0 Å². The Hall–Kier alpha value is -2.49. The minimum Gasteiger partial charge on any atom is -0.494 e. The van der Waals surface area contributed by atoms with Crippen molar-refractivity contribution < 1.29 is 14.3 Å². The van der Waals surface area contributed by atoms with Gasteiger partial charge < -0.3 is 14.8 Å². The molecule has 0 heterocycles. The third-order valence-electron chi connectivity index (χ3n) is 4.12. The van der Waals surface area contributed by atoms with E-state index in [9.17, 15) is 4.79 Å². The van der Waals surface area contributed by atoms with Crippen molar-refractivity contribution in [2.45, 2.75) is 52.6 Å². The van der Waals surface area contributed by atoms with E-state index in [1.165, 1.54) is 5.56 Å². The standard InChI is InChI=1S/C22H29NO3/c1-5-6-15-25-20-13-9-19(10-14-20)23-22(24)17(4)26-21-11-7-18(8-12-21)16(2)3/h7-14,16-17H,5-6,15H2,1-4H3,(H,23,24). The number of rotatable bonds is 9. The molecule has 26 heavy (non-hydrogen) atoms. The summed E-state index contributed by atoms with van der Waals surface area (Å²) in [4.78, 5) is 12.3. The molecule has 0 radical (unpaired) electrons. The van der Waals surface area contributed by atoms with Crippen molar-refractivity contribution in [2.24, 2.45) is 0 Å². The van der Waals surface area contributed by atoms with Crippen LogP contribution in [0.25, 0.3) is 0 Å². The number of unbranched alkanes of at least 4 members (excludes halogenated alkanes) is 1. The molecule has 1 amide bonds. The van der Waals surface area contributed by atoms with Crippen molar-refractivity contribution in [2.75, 3.05) is 11.9 Å². The van der Waals surface area contributed by atoms with Gasteiger partial charge >= 0.3 is 0 Å². The van der Waals surface area contributed by atoms with Crippen molar-refractivity contribution in [3.05, 3.63) is 54.1 Å². The third-order valence-corrected chi connectivity index (χ3v) is 4.12. The zero-order valence-corrected chi connectivity index (χ0v) is 16.1. The first-order valence-electron chi connectivity index (χ1n) is 9.30. The summed E-state index contributed by atoms with van der Waals surface area (Å²) in [7, 11) is 0. The molecule has 2 aromatic carbocycles. The molecule has 4 nitrogen and oxygen atoms in total. The maximum absolute atomic E-state index is 12.3. The number of anilines is 1. The number of benzene rings is 2. The summed E-state index contributed by atoms with van der Waals surface area (Å²) in [6, 6.07) is 15.3. The molecule has 2 rings (SSSR count). The SMILES string of the molecule is CCCCOc1ccc(NC(=O)C(C)Oc2ccc(C(C)C)cc2)cc1. The molecule has 0 spiro atoms. The molecule has 1 N–H and O–H groups in total. The highest BCUT2D eigenvalue weighted by atomic mass is 16.5. The van der Waals surface area contributed by atoms with E-state index < -0.39 is 6.10 Å². The van der Waals surface area contributed by atoms with Crippen LogP contribution in [0.5, 0.6) is 11.5 Å². The number of carbonyl (C=O) groups excluding carboxylic acids is 1. The van der Waals surface area contributed by atoms with Crippen molar-refractivity contribution >= 4 is 11.6 Å². The summed E-state index contributed by atoms with van der Waals surface area (Å²) in [5, 5.41) is 2.87. The molecule has 0 saturated heterocycles. The molecule has 2 aromatic rings. The van der Waals surface area contributed by atoms with Gasteiger partial charge in [-0.25, -0.2) is 0 Å². The van der Waals surface area contributed by atoms with Gasteiger partial charge in [0.15, 0.2) is 6.10 Å². The fraction of sp³-hybridized carbons (Fsp3) is 0.409. The van der Waals surface area contributed by atoms with Crippen LogP contribution in [-0.2, 0) is 4.79 Å². The lowest BCUT2D eigenvalue weighted by Gasteiger charge is -2.15. The van der Waals surface area contributed by atoms with E-state index >= 15 is 0 Å². The largest absolute Gasteiger partial charge is 0.494 e. The predicted molar refractivity (Wildman–Crippen MR) is 106 cm³/mol.